The molecule has 0 aliphatic rings. The highest BCUT2D eigenvalue weighted by molar-refractivity contribution is 5.54. The molecule has 0 aliphatic carbocycles. The summed E-state index contributed by atoms with van der Waals surface area (Å²) in [5, 5.41) is 3.39. The van der Waals surface area contributed by atoms with E-state index in [0.29, 0.717) is 5.56 Å². The molecule has 1 aromatic rings. The molecule has 2 heteroatoms. The molecule has 0 saturated heterocycles. The van der Waals surface area contributed by atoms with Crippen molar-refractivity contribution in [2.75, 3.05) is 13.1 Å². The van der Waals surface area contributed by atoms with Crippen LogP contribution in [0.15, 0.2) is 23.8 Å². The number of halogens is 1. The molecule has 0 radical (unpaired) electrons. The van der Waals surface area contributed by atoms with E-state index in [4.69, 9.17) is 0 Å². The maximum Gasteiger partial charge on any atom is 0.126 e. The fourth-order valence-electron chi connectivity index (χ4n) is 1.70. The van der Waals surface area contributed by atoms with Crippen molar-refractivity contribution in [2.24, 2.45) is 0 Å². The smallest absolute Gasteiger partial charge is 0.126 e. The fraction of sp³-hybridized carbons (Fsp3) is 0.467. The lowest BCUT2D eigenvalue weighted by Gasteiger charge is -2.07. The molecule has 94 valence electrons. The van der Waals surface area contributed by atoms with Gasteiger partial charge in [0, 0.05) is 6.54 Å². The van der Waals surface area contributed by atoms with Gasteiger partial charge in [-0.05, 0) is 49.6 Å². The lowest BCUT2D eigenvalue weighted by atomic mass is 10.1. The minimum absolute atomic E-state index is 0.135. The van der Waals surface area contributed by atoms with Crippen LogP contribution in [0.5, 0.6) is 0 Å². The molecule has 0 bridgehead atoms. The van der Waals surface area contributed by atoms with E-state index in [9.17, 15) is 4.39 Å². The normalized spacial score (nSPS) is 11.9. The van der Waals surface area contributed by atoms with E-state index >= 15 is 0 Å². The van der Waals surface area contributed by atoms with E-state index in [1.54, 1.807) is 6.92 Å². The minimum Gasteiger partial charge on any atom is -0.313 e. The van der Waals surface area contributed by atoms with E-state index < -0.39 is 0 Å². The third kappa shape index (κ3) is 4.70. The Labute approximate surface area is 104 Å². The Balaban J connectivity index is 2.72. The standard InChI is InChI=1S/C15H22FN/c1-4-8-17-11-13(5-2)10-14-6-7-15(16)12(3)9-14/h6-7,9-10,17H,4-5,8,11H2,1-3H3. The first-order valence-corrected chi connectivity index (χ1v) is 6.33. The first-order chi connectivity index (χ1) is 8.17. The maximum atomic E-state index is 13.1. The van der Waals surface area contributed by atoms with Gasteiger partial charge in [-0.3, -0.25) is 0 Å². The molecular weight excluding hydrogens is 213 g/mol. The zero-order chi connectivity index (χ0) is 12.7. The van der Waals surface area contributed by atoms with Crippen LogP contribution in [0.2, 0.25) is 0 Å². The molecule has 0 heterocycles. The molecule has 17 heavy (non-hydrogen) atoms. The van der Waals surface area contributed by atoms with Crippen molar-refractivity contribution in [2.45, 2.75) is 33.6 Å². The van der Waals surface area contributed by atoms with Gasteiger partial charge in [0.15, 0.2) is 0 Å². The van der Waals surface area contributed by atoms with Crippen LogP contribution in [0, 0.1) is 12.7 Å². The lowest BCUT2D eigenvalue weighted by molar-refractivity contribution is 0.618. The highest BCUT2D eigenvalue weighted by Crippen LogP contribution is 2.13. The van der Waals surface area contributed by atoms with E-state index in [0.717, 1.165) is 31.5 Å². The second-order valence-corrected chi connectivity index (χ2v) is 4.34. The molecule has 0 saturated carbocycles. The molecule has 1 N–H and O–H groups in total. The van der Waals surface area contributed by atoms with Gasteiger partial charge < -0.3 is 5.32 Å². The van der Waals surface area contributed by atoms with Gasteiger partial charge in [0.2, 0.25) is 0 Å². The van der Waals surface area contributed by atoms with Crippen molar-refractivity contribution in [3.8, 4) is 0 Å². The summed E-state index contributed by atoms with van der Waals surface area (Å²) in [7, 11) is 0. The number of hydrogen-bond acceptors (Lipinski definition) is 1. The number of benzene rings is 1. The molecule has 0 amide bonds. The molecule has 0 aliphatic heterocycles. The second kappa shape index (κ2) is 7.23. The van der Waals surface area contributed by atoms with Crippen molar-refractivity contribution in [1.29, 1.82) is 0 Å². The summed E-state index contributed by atoms with van der Waals surface area (Å²) < 4.78 is 13.1. The van der Waals surface area contributed by atoms with Crippen LogP contribution in [0.4, 0.5) is 4.39 Å². The Hall–Kier alpha value is -1.15. The second-order valence-electron chi connectivity index (χ2n) is 4.34. The molecule has 1 rings (SSSR count). The van der Waals surface area contributed by atoms with Crippen LogP contribution < -0.4 is 5.32 Å². The summed E-state index contributed by atoms with van der Waals surface area (Å²) in [4.78, 5) is 0. The zero-order valence-corrected chi connectivity index (χ0v) is 11.0. The average Bonchev–Trinajstić information content (AvgIpc) is 2.32. The Kier molecular flexibility index (Phi) is 5.92. The summed E-state index contributed by atoms with van der Waals surface area (Å²) >= 11 is 0. The van der Waals surface area contributed by atoms with Gasteiger partial charge in [-0.1, -0.05) is 31.6 Å². The van der Waals surface area contributed by atoms with Gasteiger partial charge in [-0.2, -0.15) is 0 Å². The predicted octanol–water partition coefficient (Wildman–Crippen LogP) is 3.93. The lowest BCUT2D eigenvalue weighted by Crippen LogP contribution is -2.17. The van der Waals surface area contributed by atoms with E-state index in [2.05, 4.69) is 25.2 Å². The van der Waals surface area contributed by atoms with Gasteiger partial charge in [-0.25, -0.2) is 4.39 Å². The Morgan fingerprint density at radius 3 is 2.71 bits per heavy atom. The van der Waals surface area contributed by atoms with Crippen molar-refractivity contribution in [3.63, 3.8) is 0 Å². The maximum absolute atomic E-state index is 13.1. The highest BCUT2D eigenvalue weighted by Gasteiger charge is 1.99. The van der Waals surface area contributed by atoms with Gasteiger partial charge >= 0.3 is 0 Å². The predicted molar refractivity (Wildman–Crippen MR) is 72.6 cm³/mol. The van der Waals surface area contributed by atoms with E-state index in [1.807, 2.05) is 12.1 Å². The van der Waals surface area contributed by atoms with Crippen molar-refractivity contribution >= 4 is 6.08 Å². The molecule has 0 aromatic heterocycles. The quantitative estimate of drug-likeness (QED) is 0.737. The van der Waals surface area contributed by atoms with Crippen LogP contribution in [0.1, 0.15) is 37.8 Å². The number of hydrogen-bond donors (Lipinski definition) is 1. The minimum atomic E-state index is -0.135. The van der Waals surface area contributed by atoms with Crippen LogP contribution >= 0.6 is 0 Å². The van der Waals surface area contributed by atoms with Gasteiger partial charge in [0.05, 0.1) is 0 Å². The molecule has 0 atom stereocenters. The molecule has 0 unspecified atom stereocenters. The van der Waals surface area contributed by atoms with Crippen LogP contribution in [0.3, 0.4) is 0 Å². The van der Waals surface area contributed by atoms with Crippen molar-refractivity contribution in [1.82, 2.24) is 5.32 Å². The van der Waals surface area contributed by atoms with Crippen LogP contribution in [-0.4, -0.2) is 13.1 Å². The molecular formula is C15H22FN. The first kappa shape index (κ1) is 13.9. The first-order valence-electron chi connectivity index (χ1n) is 6.33. The largest absolute Gasteiger partial charge is 0.313 e. The average molecular weight is 235 g/mol. The van der Waals surface area contributed by atoms with Crippen LogP contribution in [-0.2, 0) is 0 Å². The molecule has 1 nitrogen and oxygen atoms in total. The summed E-state index contributed by atoms with van der Waals surface area (Å²) in [6, 6.07) is 5.26. The van der Waals surface area contributed by atoms with E-state index in [-0.39, 0.29) is 5.82 Å². The Morgan fingerprint density at radius 1 is 1.35 bits per heavy atom. The molecule has 1 aromatic carbocycles. The fourth-order valence-corrected chi connectivity index (χ4v) is 1.70. The summed E-state index contributed by atoms with van der Waals surface area (Å²) in [6.45, 7) is 8.07. The van der Waals surface area contributed by atoms with Gasteiger partial charge in [0.1, 0.15) is 5.82 Å². The van der Waals surface area contributed by atoms with Gasteiger partial charge in [0.25, 0.3) is 0 Å². The Bertz CT molecular complexity index is 383. The number of rotatable bonds is 6. The monoisotopic (exact) mass is 235 g/mol. The Morgan fingerprint density at radius 2 is 2.12 bits per heavy atom. The highest BCUT2D eigenvalue weighted by atomic mass is 19.1. The number of nitrogens with one attached hydrogen (secondary N) is 1. The van der Waals surface area contributed by atoms with Crippen LogP contribution in [0.25, 0.3) is 6.08 Å². The van der Waals surface area contributed by atoms with Crippen molar-refractivity contribution < 1.29 is 4.39 Å². The topological polar surface area (TPSA) is 12.0 Å². The van der Waals surface area contributed by atoms with Gasteiger partial charge in [-0.15, -0.1) is 0 Å². The van der Waals surface area contributed by atoms with Crippen molar-refractivity contribution in [3.05, 3.63) is 40.7 Å². The third-order valence-corrected chi connectivity index (χ3v) is 2.79. The zero-order valence-electron chi connectivity index (χ0n) is 11.0. The summed E-state index contributed by atoms with van der Waals surface area (Å²) in [5.41, 5.74) is 3.14. The SMILES string of the molecule is CCCNCC(=Cc1ccc(F)c(C)c1)CC. The summed E-state index contributed by atoms with van der Waals surface area (Å²) in [5.74, 6) is -0.135. The third-order valence-electron chi connectivity index (χ3n) is 2.79. The molecule has 0 spiro atoms. The number of aryl methyl sites for hydroxylation is 1. The van der Waals surface area contributed by atoms with E-state index in [1.165, 1.54) is 11.6 Å². The molecule has 0 fully saturated rings. The summed E-state index contributed by atoms with van der Waals surface area (Å²) in [6.07, 6.45) is 4.31.